The van der Waals surface area contributed by atoms with Crippen LogP contribution in [0, 0.1) is 24.2 Å². The monoisotopic (exact) mass is 434 g/mol. The molecule has 0 aliphatic heterocycles. The Morgan fingerprint density at radius 2 is 1.84 bits per heavy atom. The lowest BCUT2D eigenvalue weighted by molar-refractivity contribution is -0.121. The smallest absolute Gasteiger partial charge is 0.234 e. The molecule has 1 N–H and O–H groups in total. The third kappa shape index (κ3) is 4.78. The lowest BCUT2D eigenvalue weighted by Gasteiger charge is -2.28. The SMILES string of the molecule is Cc1ccccc1-n1c(S[C@@H](C)C(=O)N[C@@](C)(C#N)C(C)C)nnc1-c1ccncc1. The van der Waals surface area contributed by atoms with Crippen LogP contribution in [-0.4, -0.2) is 36.4 Å². The number of carbonyl (C=O) groups is 1. The van der Waals surface area contributed by atoms with Crippen molar-refractivity contribution in [3.63, 3.8) is 0 Å². The van der Waals surface area contributed by atoms with Crippen LogP contribution in [0.5, 0.6) is 0 Å². The molecule has 0 fully saturated rings. The van der Waals surface area contributed by atoms with Crippen LogP contribution in [0.2, 0.25) is 0 Å². The molecule has 0 unspecified atom stereocenters. The molecule has 0 spiro atoms. The number of amides is 1. The van der Waals surface area contributed by atoms with E-state index in [1.807, 2.05) is 61.7 Å². The van der Waals surface area contributed by atoms with Crippen LogP contribution in [-0.2, 0) is 4.79 Å². The first-order valence-corrected chi connectivity index (χ1v) is 11.0. The van der Waals surface area contributed by atoms with Gasteiger partial charge in [-0.05, 0) is 50.5 Å². The van der Waals surface area contributed by atoms with Gasteiger partial charge in [0.25, 0.3) is 0 Å². The summed E-state index contributed by atoms with van der Waals surface area (Å²) in [5.41, 5.74) is 1.95. The normalized spacial score (nSPS) is 14.0. The highest BCUT2D eigenvalue weighted by Gasteiger charge is 2.32. The van der Waals surface area contributed by atoms with Gasteiger partial charge in [0.2, 0.25) is 5.91 Å². The van der Waals surface area contributed by atoms with Gasteiger partial charge in [0, 0.05) is 18.0 Å². The average molecular weight is 435 g/mol. The molecule has 0 bridgehead atoms. The molecule has 160 valence electrons. The molecule has 0 aliphatic carbocycles. The van der Waals surface area contributed by atoms with Crippen LogP contribution in [0.25, 0.3) is 17.1 Å². The van der Waals surface area contributed by atoms with E-state index in [0.29, 0.717) is 11.0 Å². The van der Waals surface area contributed by atoms with Crippen molar-refractivity contribution in [2.75, 3.05) is 0 Å². The van der Waals surface area contributed by atoms with Crippen molar-refractivity contribution in [2.45, 2.75) is 50.6 Å². The largest absolute Gasteiger partial charge is 0.337 e. The first-order valence-electron chi connectivity index (χ1n) is 10.1. The molecule has 0 radical (unpaired) electrons. The van der Waals surface area contributed by atoms with Gasteiger partial charge < -0.3 is 5.32 Å². The summed E-state index contributed by atoms with van der Waals surface area (Å²) in [6, 6.07) is 13.9. The summed E-state index contributed by atoms with van der Waals surface area (Å²) in [6.07, 6.45) is 3.42. The Labute approximate surface area is 186 Å². The molecule has 0 saturated carbocycles. The number of aromatic nitrogens is 4. The van der Waals surface area contributed by atoms with Crippen molar-refractivity contribution >= 4 is 17.7 Å². The Morgan fingerprint density at radius 3 is 2.45 bits per heavy atom. The molecule has 2 atom stereocenters. The van der Waals surface area contributed by atoms with E-state index in [2.05, 4.69) is 26.6 Å². The highest BCUT2D eigenvalue weighted by Crippen LogP contribution is 2.31. The second-order valence-electron chi connectivity index (χ2n) is 7.88. The molecule has 8 heteroatoms. The van der Waals surface area contributed by atoms with Crippen molar-refractivity contribution < 1.29 is 4.79 Å². The predicted molar refractivity (Wildman–Crippen MR) is 122 cm³/mol. The third-order valence-electron chi connectivity index (χ3n) is 5.35. The first kappa shape index (κ1) is 22.5. The predicted octanol–water partition coefficient (Wildman–Crippen LogP) is 4.17. The van der Waals surface area contributed by atoms with E-state index in [1.54, 1.807) is 26.2 Å². The van der Waals surface area contributed by atoms with Crippen LogP contribution in [0.3, 0.4) is 0 Å². The van der Waals surface area contributed by atoms with Crippen LogP contribution in [0.4, 0.5) is 0 Å². The zero-order valence-corrected chi connectivity index (χ0v) is 19.1. The van der Waals surface area contributed by atoms with Gasteiger partial charge in [-0.1, -0.05) is 43.8 Å². The highest BCUT2D eigenvalue weighted by atomic mass is 32.2. The number of pyridine rings is 1. The second-order valence-corrected chi connectivity index (χ2v) is 9.19. The van der Waals surface area contributed by atoms with Gasteiger partial charge >= 0.3 is 0 Å². The van der Waals surface area contributed by atoms with Crippen molar-refractivity contribution in [1.82, 2.24) is 25.1 Å². The molecule has 2 heterocycles. The molecule has 1 aromatic carbocycles. The summed E-state index contributed by atoms with van der Waals surface area (Å²) in [4.78, 5) is 17.0. The summed E-state index contributed by atoms with van der Waals surface area (Å²) >= 11 is 1.31. The second kappa shape index (κ2) is 9.31. The van der Waals surface area contributed by atoms with E-state index in [9.17, 15) is 10.1 Å². The zero-order valence-electron chi connectivity index (χ0n) is 18.3. The topological polar surface area (TPSA) is 96.5 Å². The minimum Gasteiger partial charge on any atom is -0.337 e. The number of thioether (sulfide) groups is 1. The quantitative estimate of drug-likeness (QED) is 0.561. The molecule has 3 aromatic rings. The molecule has 3 rings (SSSR count). The molecule has 1 amide bonds. The Balaban J connectivity index is 1.97. The number of benzene rings is 1. The third-order valence-corrected chi connectivity index (χ3v) is 6.39. The van der Waals surface area contributed by atoms with Crippen molar-refractivity contribution in [1.29, 1.82) is 5.26 Å². The maximum absolute atomic E-state index is 12.9. The number of hydrogen-bond donors (Lipinski definition) is 1. The number of nitrogens with zero attached hydrogens (tertiary/aromatic N) is 5. The standard InChI is InChI=1S/C23H26N6OS/c1-15(2)23(5,14-24)26-21(30)17(4)31-22-28-27-20(18-10-12-25-13-11-18)29(22)19-9-7-6-8-16(19)3/h6-13,15,17H,1-5H3,(H,26,30)/t17-,23-/m0/s1. The maximum Gasteiger partial charge on any atom is 0.234 e. The van der Waals surface area contributed by atoms with Crippen molar-refractivity contribution in [3.8, 4) is 23.1 Å². The molecule has 7 nitrogen and oxygen atoms in total. The fourth-order valence-corrected chi connectivity index (χ4v) is 3.80. The van der Waals surface area contributed by atoms with Crippen LogP contribution < -0.4 is 5.32 Å². The minimum atomic E-state index is -0.933. The maximum atomic E-state index is 12.9. The number of rotatable bonds is 7. The van der Waals surface area contributed by atoms with Gasteiger partial charge in [-0.2, -0.15) is 5.26 Å². The lowest BCUT2D eigenvalue weighted by Crippen LogP contribution is -2.51. The van der Waals surface area contributed by atoms with E-state index in [-0.39, 0.29) is 11.8 Å². The van der Waals surface area contributed by atoms with Gasteiger partial charge in [-0.15, -0.1) is 10.2 Å². The lowest BCUT2D eigenvalue weighted by atomic mass is 9.90. The molecule has 2 aromatic heterocycles. The molecule has 0 aliphatic rings. The first-order chi connectivity index (χ1) is 14.8. The summed E-state index contributed by atoms with van der Waals surface area (Å²) in [5.74, 6) is 0.441. The molecule has 31 heavy (non-hydrogen) atoms. The Kier molecular flexibility index (Phi) is 6.76. The van der Waals surface area contributed by atoms with Crippen molar-refractivity contribution in [3.05, 3.63) is 54.4 Å². The fraction of sp³-hybridized carbons (Fsp3) is 0.348. The summed E-state index contributed by atoms with van der Waals surface area (Å²) in [6.45, 7) is 9.40. The van der Waals surface area contributed by atoms with E-state index in [1.165, 1.54) is 11.8 Å². The molecule has 0 saturated heterocycles. The Hall–Kier alpha value is -3.18. The summed E-state index contributed by atoms with van der Waals surface area (Å²) in [7, 11) is 0. The van der Waals surface area contributed by atoms with Gasteiger partial charge in [0.05, 0.1) is 17.0 Å². The fourth-order valence-electron chi connectivity index (χ4n) is 2.94. The number of para-hydroxylation sites is 1. The highest BCUT2D eigenvalue weighted by molar-refractivity contribution is 8.00. The molecular weight excluding hydrogens is 408 g/mol. The number of hydrogen-bond acceptors (Lipinski definition) is 6. The van der Waals surface area contributed by atoms with Gasteiger partial charge in [0.1, 0.15) is 5.54 Å². The number of nitrogens with one attached hydrogen (secondary N) is 1. The zero-order chi connectivity index (χ0) is 22.6. The summed E-state index contributed by atoms with van der Waals surface area (Å²) in [5, 5.41) is 21.4. The van der Waals surface area contributed by atoms with E-state index in [4.69, 9.17) is 0 Å². The van der Waals surface area contributed by atoms with E-state index in [0.717, 1.165) is 16.8 Å². The van der Waals surface area contributed by atoms with Gasteiger partial charge in [-0.25, -0.2) is 0 Å². The van der Waals surface area contributed by atoms with Crippen LogP contribution >= 0.6 is 11.8 Å². The van der Waals surface area contributed by atoms with E-state index < -0.39 is 10.8 Å². The number of nitriles is 1. The minimum absolute atomic E-state index is 0.0208. The van der Waals surface area contributed by atoms with Crippen molar-refractivity contribution in [2.24, 2.45) is 5.92 Å². The van der Waals surface area contributed by atoms with Gasteiger partial charge in [0.15, 0.2) is 11.0 Å². The van der Waals surface area contributed by atoms with Crippen LogP contribution in [0.1, 0.15) is 33.3 Å². The average Bonchev–Trinajstić information content (AvgIpc) is 3.17. The number of aryl methyl sites for hydroxylation is 1. The Bertz CT molecular complexity index is 1100. The van der Waals surface area contributed by atoms with Gasteiger partial charge in [-0.3, -0.25) is 14.3 Å². The summed E-state index contributed by atoms with van der Waals surface area (Å²) < 4.78 is 1.96. The molecular formula is C23H26N6OS. The van der Waals surface area contributed by atoms with E-state index >= 15 is 0 Å². The number of carbonyl (C=O) groups excluding carboxylic acids is 1. The van der Waals surface area contributed by atoms with Crippen LogP contribution in [0.15, 0.2) is 53.9 Å². The Morgan fingerprint density at radius 1 is 1.16 bits per heavy atom.